The zero-order valence-electron chi connectivity index (χ0n) is 12.5. The van der Waals surface area contributed by atoms with Crippen LogP contribution in [0.2, 0.25) is 0 Å². The third-order valence-corrected chi connectivity index (χ3v) is 3.96. The summed E-state index contributed by atoms with van der Waals surface area (Å²) in [4.78, 5) is 10.9. The molecular formula is C16H24N2O2. The number of primary amides is 1. The predicted molar refractivity (Wildman–Crippen MR) is 79.5 cm³/mol. The molecule has 1 aromatic rings. The van der Waals surface area contributed by atoms with Gasteiger partial charge in [-0.05, 0) is 30.0 Å². The molecule has 4 N–H and O–H groups in total. The van der Waals surface area contributed by atoms with Gasteiger partial charge in [-0.25, -0.2) is 0 Å². The quantitative estimate of drug-likeness (QED) is 0.865. The lowest BCUT2D eigenvalue weighted by molar-refractivity contribution is -0.118. The maximum Gasteiger partial charge on any atom is 0.217 e. The van der Waals surface area contributed by atoms with Crippen LogP contribution in [0, 0.1) is 5.92 Å². The first-order valence-corrected chi connectivity index (χ1v) is 7.10. The van der Waals surface area contributed by atoms with Crippen LogP contribution in [0.5, 0.6) is 5.75 Å². The Labute approximate surface area is 120 Å². The highest BCUT2D eigenvalue weighted by Gasteiger charge is 2.32. The highest BCUT2D eigenvalue weighted by molar-refractivity contribution is 5.73. The van der Waals surface area contributed by atoms with Crippen molar-refractivity contribution in [2.24, 2.45) is 17.4 Å². The zero-order chi connectivity index (χ0) is 14.9. The van der Waals surface area contributed by atoms with Crippen molar-refractivity contribution < 1.29 is 9.53 Å². The fourth-order valence-corrected chi connectivity index (χ4v) is 2.77. The largest absolute Gasteiger partial charge is 0.492 e. The molecule has 0 bridgehead atoms. The van der Waals surface area contributed by atoms with E-state index in [1.54, 1.807) is 0 Å². The van der Waals surface area contributed by atoms with E-state index in [-0.39, 0.29) is 23.3 Å². The monoisotopic (exact) mass is 276 g/mol. The molecule has 1 aliphatic rings. The van der Waals surface area contributed by atoms with Gasteiger partial charge in [0.1, 0.15) is 5.75 Å². The maximum atomic E-state index is 10.9. The second kappa shape index (κ2) is 5.44. The van der Waals surface area contributed by atoms with Crippen LogP contribution in [0.4, 0.5) is 0 Å². The lowest BCUT2D eigenvalue weighted by atomic mass is 9.84. The minimum absolute atomic E-state index is 0.0317. The fraction of sp³-hybridized carbons (Fsp3) is 0.562. The Kier molecular flexibility index (Phi) is 4.04. The van der Waals surface area contributed by atoms with Crippen LogP contribution in [0.25, 0.3) is 0 Å². The van der Waals surface area contributed by atoms with Crippen molar-refractivity contribution in [1.82, 2.24) is 0 Å². The summed E-state index contributed by atoms with van der Waals surface area (Å²) in [5, 5.41) is 0. The second-order valence-corrected chi connectivity index (χ2v) is 6.55. The first kappa shape index (κ1) is 14.9. The van der Waals surface area contributed by atoms with Crippen LogP contribution in [-0.2, 0) is 10.2 Å². The summed E-state index contributed by atoms with van der Waals surface area (Å²) in [5.41, 5.74) is 13.8. The van der Waals surface area contributed by atoms with Gasteiger partial charge in [-0.15, -0.1) is 0 Å². The third-order valence-electron chi connectivity index (χ3n) is 3.96. The number of hydrogen-bond donors (Lipinski definition) is 2. The molecule has 0 radical (unpaired) electrons. The molecule has 1 aromatic carbocycles. The second-order valence-electron chi connectivity index (χ2n) is 6.55. The molecule has 4 nitrogen and oxygen atoms in total. The van der Waals surface area contributed by atoms with Crippen LogP contribution in [0.3, 0.4) is 0 Å². The standard InChI is InChI=1S/C16H24N2O2/c1-10(7-15(18)19)6-13(17)11-4-5-14-12(8-11)16(2,3)9-20-14/h4-5,8,10,13H,6-7,9,17H2,1-3H3,(H2,18,19). The van der Waals surface area contributed by atoms with E-state index < -0.39 is 0 Å². The Balaban J connectivity index is 2.12. The molecule has 1 amide bonds. The van der Waals surface area contributed by atoms with Crippen LogP contribution >= 0.6 is 0 Å². The zero-order valence-corrected chi connectivity index (χ0v) is 12.5. The number of nitrogens with two attached hydrogens (primary N) is 2. The molecule has 0 spiro atoms. The lowest BCUT2D eigenvalue weighted by Crippen LogP contribution is -2.21. The van der Waals surface area contributed by atoms with Gasteiger partial charge in [0.05, 0.1) is 6.61 Å². The number of ether oxygens (including phenoxy) is 1. The summed E-state index contributed by atoms with van der Waals surface area (Å²) in [7, 11) is 0. The summed E-state index contributed by atoms with van der Waals surface area (Å²) in [5.74, 6) is 0.879. The van der Waals surface area contributed by atoms with Crippen molar-refractivity contribution in [1.29, 1.82) is 0 Å². The predicted octanol–water partition coefficient (Wildman–Crippen LogP) is 2.26. The van der Waals surface area contributed by atoms with Gasteiger partial charge in [0, 0.05) is 23.4 Å². The fourth-order valence-electron chi connectivity index (χ4n) is 2.77. The number of carbonyl (C=O) groups is 1. The van der Waals surface area contributed by atoms with E-state index in [2.05, 4.69) is 19.9 Å². The Morgan fingerprint density at radius 2 is 2.15 bits per heavy atom. The topological polar surface area (TPSA) is 78.3 Å². The van der Waals surface area contributed by atoms with E-state index in [0.717, 1.165) is 17.7 Å². The molecule has 2 unspecified atom stereocenters. The van der Waals surface area contributed by atoms with Gasteiger partial charge >= 0.3 is 0 Å². The van der Waals surface area contributed by atoms with Crippen molar-refractivity contribution in [3.63, 3.8) is 0 Å². The molecule has 0 aliphatic carbocycles. The number of hydrogen-bond acceptors (Lipinski definition) is 3. The Morgan fingerprint density at radius 1 is 1.45 bits per heavy atom. The minimum Gasteiger partial charge on any atom is -0.492 e. The molecule has 1 aliphatic heterocycles. The van der Waals surface area contributed by atoms with Crippen molar-refractivity contribution in [2.45, 2.75) is 45.1 Å². The van der Waals surface area contributed by atoms with E-state index >= 15 is 0 Å². The number of amides is 1. The minimum atomic E-state index is -0.270. The van der Waals surface area contributed by atoms with Crippen molar-refractivity contribution in [3.8, 4) is 5.75 Å². The van der Waals surface area contributed by atoms with Crippen molar-refractivity contribution >= 4 is 5.91 Å². The van der Waals surface area contributed by atoms with Gasteiger partial charge in [0.25, 0.3) is 0 Å². The van der Waals surface area contributed by atoms with Crippen molar-refractivity contribution in [2.75, 3.05) is 6.61 Å². The SMILES string of the molecule is CC(CC(N)=O)CC(N)c1ccc2c(c1)C(C)(C)CO2. The molecule has 2 atom stereocenters. The first-order valence-electron chi connectivity index (χ1n) is 7.10. The van der Waals surface area contributed by atoms with Crippen LogP contribution in [0.1, 0.15) is 50.8 Å². The van der Waals surface area contributed by atoms with Gasteiger partial charge in [0.15, 0.2) is 0 Å². The molecule has 0 aromatic heterocycles. The van der Waals surface area contributed by atoms with Crippen LogP contribution in [-0.4, -0.2) is 12.5 Å². The summed E-state index contributed by atoms with van der Waals surface area (Å²) < 4.78 is 5.68. The number of fused-ring (bicyclic) bond motifs is 1. The first-order chi connectivity index (χ1) is 9.29. The molecule has 4 heteroatoms. The summed E-state index contributed by atoms with van der Waals surface area (Å²) in [6.45, 7) is 7.05. The highest BCUT2D eigenvalue weighted by atomic mass is 16.5. The molecule has 110 valence electrons. The smallest absolute Gasteiger partial charge is 0.217 e. The normalized spacial score (nSPS) is 19.0. The number of benzene rings is 1. The molecular weight excluding hydrogens is 252 g/mol. The lowest BCUT2D eigenvalue weighted by Gasteiger charge is -2.20. The Bertz CT molecular complexity index is 511. The van der Waals surface area contributed by atoms with Crippen LogP contribution in [0.15, 0.2) is 18.2 Å². The molecule has 1 heterocycles. The van der Waals surface area contributed by atoms with E-state index in [0.29, 0.717) is 13.0 Å². The maximum absolute atomic E-state index is 10.9. The van der Waals surface area contributed by atoms with Gasteiger partial charge in [-0.2, -0.15) is 0 Å². The Hall–Kier alpha value is -1.55. The average Bonchev–Trinajstić information content (AvgIpc) is 2.64. The molecule has 0 saturated carbocycles. The molecule has 20 heavy (non-hydrogen) atoms. The average molecular weight is 276 g/mol. The summed E-state index contributed by atoms with van der Waals surface area (Å²) in [6, 6.07) is 6.08. The molecule has 0 fully saturated rings. The highest BCUT2D eigenvalue weighted by Crippen LogP contribution is 2.39. The molecule has 2 rings (SSSR count). The molecule has 0 saturated heterocycles. The van der Waals surface area contributed by atoms with Crippen molar-refractivity contribution in [3.05, 3.63) is 29.3 Å². The van der Waals surface area contributed by atoms with Gasteiger partial charge < -0.3 is 16.2 Å². The van der Waals surface area contributed by atoms with E-state index in [1.807, 2.05) is 19.1 Å². The summed E-state index contributed by atoms with van der Waals surface area (Å²) >= 11 is 0. The number of carbonyl (C=O) groups excluding carboxylic acids is 1. The van der Waals surface area contributed by atoms with Crippen LogP contribution < -0.4 is 16.2 Å². The van der Waals surface area contributed by atoms with E-state index in [4.69, 9.17) is 16.2 Å². The van der Waals surface area contributed by atoms with E-state index in [9.17, 15) is 4.79 Å². The number of rotatable bonds is 5. The third kappa shape index (κ3) is 3.12. The van der Waals surface area contributed by atoms with Gasteiger partial charge in [0.2, 0.25) is 5.91 Å². The Morgan fingerprint density at radius 3 is 2.80 bits per heavy atom. The van der Waals surface area contributed by atoms with Gasteiger partial charge in [-0.3, -0.25) is 4.79 Å². The van der Waals surface area contributed by atoms with Gasteiger partial charge in [-0.1, -0.05) is 26.8 Å². The van der Waals surface area contributed by atoms with E-state index in [1.165, 1.54) is 5.56 Å². The summed E-state index contributed by atoms with van der Waals surface area (Å²) in [6.07, 6.45) is 1.14.